The van der Waals surface area contributed by atoms with Gasteiger partial charge in [-0.25, -0.2) is 0 Å². The van der Waals surface area contributed by atoms with Gasteiger partial charge in [0.25, 0.3) is 0 Å². The molecule has 0 radical (unpaired) electrons. The van der Waals surface area contributed by atoms with Gasteiger partial charge in [0, 0.05) is 19.0 Å². The molecule has 102 valence electrons. The Morgan fingerprint density at radius 3 is 2.72 bits per heavy atom. The van der Waals surface area contributed by atoms with E-state index < -0.39 is 0 Å². The zero-order valence-corrected chi connectivity index (χ0v) is 11.5. The second-order valence-corrected chi connectivity index (χ2v) is 4.92. The zero-order chi connectivity index (χ0) is 12.8. The molecule has 1 aliphatic heterocycles. The number of aromatic nitrogens is 2. The molecule has 1 aromatic rings. The minimum atomic E-state index is 0.618. The third-order valence-electron chi connectivity index (χ3n) is 3.51. The van der Waals surface area contributed by atoms with Gasteiger partial charge in [0.15, 0.2) is 0 Å². The van der Waals surface area contributed by atoms with Crippen LogP contribution in [0.2, 0.25) is 0 Å². The van der Waals surface area contributed by atoms with Gasteiger partial charge >= 0.3 is 0 Å². The van der Waals surface area contributed by atoms with E-state index >= 15 is 0 Å². The fraction of sp³-hybridized carbons (Fsp3) is 0.846. The van der Waals surface area contributed by atoms with E-state index in [0.29, 0.717) is 6.04 Å². The second-order valence-electron chi connectivity index (χ2n) is 4.92. The molecule has 0 bridgehead atoms. The molecule has 0 aromatic carbocycles. The number of likely N-dealkylation sites (N-methyl/N-ethyl adjacent to an activating group) is 1. The molecule has 1 atom stereocenters. The highest BCUT2D eigenvalue weighted by Gasteiger charge is 2.17. The van der Waals surface area contributed by atoms with Crippen LogP contribution in [0.4, 0.5) is 0 Å². The largest absolute Gasteiger partial charge is 0.424 e. The molecule has 2 heterocycles. The summed E-state index contributed by atoms with van der Waals surface area (Å²) in [5.41, 5.74) is 0. The molecule has 5 heteroatoms. The molecule has 0 saturated carbocycles. The van der Waals surface area contributed by atoms with Gasteiger partial charge in [-0.3, -0.25) is 4.90 Å². The smallest absolute Gasteiger partial charge is 0.230 e. The van der Waals surface area contributed by atoms with E-state index in [1.54, 1.807) is 0 Å². The molecular weight excluding hydrogens is 228 g/mol. The molecule has 5 nitrogen and oxygen atoms in total. The first kappa shape index (κ1) is 13.5. The Bertz CT molecular complexity index is 347. The van der Waals surface area contributed by atoms with Crippen LogP contribution in [0.15, 0.2) is 4.42 Å². The summed E-state index contributed by atoms with van der Waals surface area (Å²) in [6, 6.07) is 0.618. The summed E-state index contributed by atoms with van der Waals surface area (Å²) in [6.45, 7) is 8.22. The standard InChI is InChI=1S/C13H24N4O/c1-3-12-15-16-13(18-12)10-17(4-2)9-11-7-5-6-8-14-11/h11,14H,3-10H2,1-2H3. The number of aryl methyl sites for hydroxylation is 1. The van der Waals surface area contributed by atoms with E-state index in [9.17, 15) is 0 Å². The average Bonchev–Trinajstić information content (AvgIpc) is 2.87. The Kier molecular flexibility index (Phi) is 5.13. The van der Waals surface area contributed by atoms with Gasteiger partial charge in [-0.2, -0.15) is 0 Å². The number of nitrogens with zero attached hydrogens (tertiary/aromatic N) is 3. The fourth-order valence-electron chi connectivity index (χ4n) is 2.38. The SMILES string of the molecule is CCc1nnc(CN(CC)CC2CCCCN2)o1. The van der Waals surface area contributed by atoms with Crippen LogP contribution in [0.5, 0.6) is 0 Å². The third kappa shape index (κ3) is 3.78. The van der Waals surface area contributed by atoms with Crippen LogP contribution < -0.4 is 5.32 Å². The number of piperidine rings is 1. The van der Waals surface area contributed by atoms with Crippen molar-refractivity contribution in [1.29, 1.82) is 0 Å². The fourth-order valence-corrected chi connectivity index (χ4v) is 2.38. The molecule has 0 amide bonds. The van der Waals surface area contributed by atoms with Crippen LogP contribution in [0.25, 0.3) is 0 Å². The molecule has 1 saturated heterocycles. The van der Waals surface area contributed by atoms with Crippen LogP contribution in [-0.4, -0.2) is 40.8 Å². The highest BCUT2D eigenvalue weighted by molar-refractivity contribution is 4.83. The lowest BCUT2D eigenvalue weighted by Gasteiger charge is -2.29. The maximum Gasteiger partial charge on any atom is 0.230 e. The van der Waals surface area contributed by atoms with Crippen molar-refractivity contribution in [3.05, 3.63) is 11.8 Å². The highest BCUT2D eigenvalue weighted by Crippen LogP contribution is 2.10. The maximum atomic E-state index is 5.57. The van der Waals surface area contributed by atoms with Crippen LogP contribution in [0.1, 0.15) is 44.9 Å². The van der Waals surface area contributed by atoms with E-state index in [2.05, 4.69) is 27.3 Å². The topological polar surface area (TPSA) is 54.2 Å². The van der Waals surface area contributed by atoms with Crippen molar-refractivity contribution in [2.45, 2.75) is 52.1 Å². The van der Waals surface area contributed by atoms with Crippen molar-refractivity contribution in [3.8, 4) is 0 Å². The summed E-state index contributed by atoms with van der Waals surface area (Å²) < 4.78 is 5.57. The van der Waals surface area contributed by atoms with Crippen LogP contribution in [0.3, 0.4) is 0 Å². The lowest BCUT2D eigenvalue weighted by atomic mass is 10.0. The number of hydrogen-bond donors (Lipinski definition) is 1. The van der Waals surface area contributed by atoms with Gasteiger partial charge in [-0.15, -0.1) is 10.2 Å². The minimum absolute atomic E-state index is 0.618. The van der Waals surface area contributed by atoms with Crippen molar-refractivity contribution in [1.82, 2.24) is 20.4 Å². The third-order valence-corrected chi connectivity index (χ3v) is 3.51. The number of hydrogen-bond acceptors (Lipinski definition) is 5. The second kappa shape index (κ2) is 6.85. The van der Waals surface area contributed by atoms with Gasteiger partial charge in [-0.05, 0) is 25.9 Å². The van der Waals surface area contributed by atoms with Crippen LogP contribution >= 0.6 is 0 Å². The first-order valence-corrected chi connectivity index (χ1v) is 7.08. The molecule has 1 fully saturated rings. The summed E-state index contributed by atoms with van der Waals surface area (Å²) in [4.78, 5) is 2.37. The van der Waals surface area contributed by atoms with E-state index in [1.807, 2.05) is 6.92 Å². The van der Waals surface area contributed by atoms with Gasteiger partial charge in [0.2, 0.25) is 11.8 Å². The molecule has 0 aliphatic carbocycles. The maximum absolute atomic E-state index is 5.57. The minimum Gasteiger partial charge on any atom is -0.424 e. The molecule has 1 aliphatic rings. The van der Waals surface area contributed by atoms with Crippen molar-refractivity contribution in [2.75, 3.05) is 19.6 Å². The molecule has 1 unspecified atom stereocenters. The van der Waals surface area contributed by atoms with Gasteiger partial charge in [0.1, 0.15) is 0 Å². The summed E-state index contributed by atoms with van der Waals surface area (Å²) in [5.74, 6) is 1.47. The first-order chi connectivity index (χ1) is 8.81. The normalized spacial score (nSPS) is 20.5. The van der Waals surface area contributed by atoms with E-state index in [-0.39, 0.29) is 0 Å². The Balaban J connectivity index is 1.84. The van der Waals surface area contributed by atoms with Crippen molar-refractivity contribution in [3.63, 3.8) is 0 Å². The molecule has 18 heavy (non-hydrogen) atoms. The van der Waals surface area contributed by atoms with Gasteiger partial charge in [0.05, 0.1) is 6.54 Å². The molecule has 1 N–H and O–H groups in total. The lowest BCUT2D eigenvalue weighted by Crippen LogP contribution is -2.43. The Morgan fingerprint density at radius 1 is 1.28 bits per heavy atom. The number of rotatable bonds is 6. The zero-order valence-electron chi connectivity index (χ0n) is 11.5. The molecule has 2 rings (SSSR count). The predicted molar refractivity (Wildman–Crippen MR) is 70.3 cm³/mol. The summed E-state index contributed by atoms with van der Waals surface area (Å²) >= 11 is 0. The quantitative estimate of drug-likeness (QED) is 0.833. The average molecular weight is 252 g/mol. The summed E-state index contributed by atoms with van der Waals surface area (Å²) in [7, 11) is 0. The summed E-state index contributed by atoms with van der Waals surface area (Å²) in [6.07, 6.45) is 4.74. The van der Waals surface area contributed by atoms with Crippen LogP contribution in [0, 0.1) is 0 Å². The Hall–Kier alpha value is -0.940. The lowest BCUT2D eigenvalue weighted by molar-refractivity contribution is 0.207. The molecular formula is C13H24N4O. The Labute approximate surface area is 109 Å². The van der Waals surface area contributed by atoms with Crippen molar-refractivity contribution >= 4 is 0 Å². The predicted octanol–water partition coefficient (Wildman–Crippen LogP) is 1.60. The van der Waals surface area contributed by atoms with Crippen molar-refractivity contribution in [2.24, 2.45) is 0 Å². The van der Waals surface area contributed by atoms with E-state index in [4.69, 9.17) is 4.42 Å². The van der Waals surface area contributed by atoms with Gasteiger partial charge in [-0.1, -0.05) is 20.3 Å². The molecule has 1 aromatic heterocycles. The number of nitrogens with one attached hydrogen (secondary N) is 1. The molecule has 0 spiro atoms. The van der Waals surface area contributed by atoms with Crippen molar-refractivity contribution < 1.29 is 4.42 Å². The first-order valence-electron chi connectivity index (χ1n) is 7.08. The summed E-state index contributed by atoms with van der Waals surface area (Å²) in [5, 5.41) is 11.7. The highest BCUT2D eigenvalue weighted by atomic mass is 16.4. The van der Waals surface area contributed by atoms with E-state index in [1.165, 1.54) is 19.3 Å². The van der Waals surface area contributed by atoms with Crippen LogP contribution in [-0.2, 0) is 13.0 Å². The monoisotopic (exact) mass is 252 g/mol. The van der Waals surface area contributed by atoms with E-state index in [0.717, 1.165) is 44.4 Å². The van der Waals surface area contributed by atoms with Gasteiger partial charge < -0.3 is 9.73 Å². The Morgan fingerprint density at radius 2 is 2.11 bits per heavy atom.